The predicted octanol–water partition coefficient (Wildman–Crippen LogP) is 3.14. The summed E-state index contributed by atoms with van der Waals surface area (Å²) in [6.07, 6.45) is 1.37. The summed E-state index contributed by atoms with van der Waals surface area (Å²) in [5, 5.41) is 10.1. The maximum atomic E-state index is 12.2. The molecular weight excluding hydrogens is 363 g/mol. The molecule has 0 amide bonds. The van der Waals surface area contributed by atoms with Gasteiger partial charge in [-0.25, -0.2) is 9.97 Å². The number of aromatic nitrogens is 2. The van der Waals surface area contributed by atoms with Crippen molar-refractivity contribution in [1.29, 1.82) is 5.26 Å². The Bertz CT molecular complexity index is 764. The van der Waals surface area contributed by atoms with Crippen LogP contribution in [0.3, 0.4) is 0 Å². The lowest BCUT2D eigenvalue weighted by molar-refractivity contribution is 0.684. The lowest BCUT2D eigenvalue weighted by atomic mass is 10.3. The average Bonchev–Trinajstić information content (AvgIpc) is 2.49. The highest BCUT2D eigenvalue weighted by molar-refractivity contribution is 8.00. The van der Waals surface area contributed by atoms with Crippen molar-refractivity contribution < 1.29 is 4.21 Å². The van der Waals surface area contributed by atoms with Crippen molar-refractivity contribution in [2.45, 2.75) is 10.1 Å². The van der Waals surface area contributed by atoms with Crippen LogP contribution in [0, 0.1) is 11.3 Å². The Morgan fingerprint density at radius 3 is 2.86 bits per heavy atom. The van der Waals surface area contributed by atoms with E-state index in [-0.39, 0.29) is 11.4 Å². The molecule has 0 aliphatic carbocycles. The number of hydrogen-bond acceptors (Lipinski definition) is 6. The molecule has 0 aliphatic rings. The number of benzene rings is 1. The molecule has 0 radical (unpaired) electrons. The zero-order valence-corrected chi connectivity index (χ0v) is 14.3. The van der Waals surface area contributed by atoms with E-state index in [9.17, 15) is 4.21 Å². The van der Waals surface area contributed by atoms with Gasteiger partial charge in [-0.2, -0.15) is 5.26 Å². The zero-order chi connectivity index (χ0) is 16.1. The number of nitriles is 1. The highest BCUT2D eigenvalue weighted by Gasteiger charge is 2.11. The van der Waals surface area contributed by atoms with Crippen molar-refractivity contribution >= 4 is 51.6 Å². The SMILES string of the molecule is N#Cc1cnc(SCC[S@](=O)c2cc(Cl)ccc2Cl)nc1N. The van der Waals surface area contributed by atoms with Crippen LogP contribution in [0.5, 0.6) is 0 Å². The Kier molecular flexibility index (Phi) is 6.03. The number of halogens is 2. The fourth-order valence-electron chi connectivity index (χ4n) is 1.50. The second-order valence-electron chi connectivity index (χ2n) is 4.04. The van der Waals surface area contributed by atoms with Gasteiger partial charge in [0.15, 0.2) is 5.16 Å². The molecule has 0 bridgehead atoms. The lowest BCUT2D eigenvalue weighted by Crippen LogP contribution is -2.03. The van der Waals surface area contributed by atoms with Gasteiger partial charge in [0, 0.05) is 16.5 Å². The third-order valence-corrected chi connectivity index (χ3v) is 5.76. The quantitative estimate of drug-likeness (QED) is 0.639. The summed E-state index contributed by atoms with van der Waals surface area (Å²) in [4.78, 5) is 8.53. The Morgan fingerprint density at radius 2 is 2.18 bits per heavy atom. The molecule has 2 N–H and O–H groups in total. The van der Waals surface area contributed by atoms with Crippen LogP contribution in [0.2, 0.25) is 10.0 Å². The van der Waals surface area contributed by atoms with Crippen molar-refractivity contribution in [1.82, 2.24) is 9.97 Å². The van der Waals surface area contributed by atoms with Crippen LogP contribution in [0.25, 0.3) is 0 Å². The summed E-state index contributed by atoms with van der Waals surface area (Å²) in [6.45, 7) is 0. The molecule has 22 heavy (non-hydrogen) atoms. The number of nitrogens with two attached hydrogens (primary N) is 1. The Morgan fingerprint density at radius 1 is 1.41 bits per heavy atom. The first-order valence-corrected chi connectivity index (χ1v) is 9.06. The highest BCUT2D eigenvalue weighted by atomic mass is 35.5. The smallest absolute Gasteiger partial charge is 0.189 e. The predicted molar refractivity (Wildman–Crippen MR) is 89.6 cm³/mol. The minimum Gasteiger partial charge on any atom is -0.382 e. The van der Waals surface area contributed by atoms with E-state index in [1.807, 2.05) is 6.07 Å². The molecule has 1 heterocycles. The highest BCUT2D eigenvalue weighted by Crippen LogP contribution is 2.25. The van der Waals surface area contributed by atoms with Crippen LogP contribution >= 0.6 is 35.0 Å². The molecular formula is C13H10Cl2N4OS2. The van der Waals surface area contributed by atoms with Crippen LogP contribution in [-0.4, -0.2) is 25.7 Å². The summed E-state index contributed by atoms with van der Waals surface area (Å²) in [6, 6.07) is 6.76. The van der Waals surface area contributed by atoms with E-state index in [1.165, 1.54) is 18.0 Å². The number of nitrogen functional groups attached to an aromatic ring is 1. The molecule has 0 fully saturated rings. The summed E-state index contributed by atoms with van der Waals surface area (Å²) in [5.41, 5.74) is 5.85. The number of anilines is 1. The van der Waals surface area contributed by atoms with Crippen LogP contribution in [0.1, 0.15) is 5.56 Å². The Hall–Kier alpha value is -1.33. The van der Waals surface area contributed by atoms with E-state index in [2.05, 4.69) is 9.97 Å². The maximum Gasteiger partial charge on any atom is 0.189 e. The molecule has 0 spiro atoms. The van der Waals surface area contributed by atoms with Gasteiger partial charge >= 0.3 is 0 Å². The first-order valence-electron chi connectivity index (χ1n) is 6.00. The fourth-order valence-corrected chi connectivity index (χ4v) is 4.29. The number of nitrogens with zero attached hydrogens (tertiary/aromatic N) is 3. The summed E-state index contributed by atoms with van der Waals surface area (Å²) in [7, 11) is -1.27. The van der Waals surface area contributed by atoms with Gasteiger partial charge in [-0.1, -0.05) is 35.0 Å². The van der Waals surface area contributed by atoms with E-state index in [0.29, 0.717) is 31.6 Å². The molecule has 9 heteroatoms. The summed E-state index contributed by atoms with van der Waals surface area (Å²) in [5.74, 6) is 1.02. The largest absolute Gasteiger partial charge is 0.382 e. The number of rotatable bonds is 5. The van der Waals surface area contributed by atoms with Crippen LogP contribution < -0.4 is 5.73 Å². The topological polar surface area (TPSA) is 92.7 Å². The number of thioether (sulfide) groups is 1. The normalized spacial score (nSPS) is 11.9. The van der Waals surface area contributed by atoms with E-state index < -0.39 is 10.8 Å². The summed E-state index contributed by atoms with van der Waals surface area (Å²) < 4.78 is 12.2. The summed E-state index contributed by atoms with van der Waals surface area (Å²) >= 11 is 13.2. The third-order valence-electron chi connectivity index (χ3n) is 2.56. The molecule has 1 atom stereocenters. The molecule has 1 aromatic carbocycles. The van der Waals surface area contributed by atoms with Crippen molar-refractivity contribution in [2.75, 3.05) is 17.2 Å². The third kappa shape index (κ3) is 4.34. The van der Waals surface area contributed by atoms with Gasteiger partial charge in [-0.3, -0.25) is 4.21 Å². The molecule has 0 unspecified atom stereocenters. The van der Waals surface area contributed by atoms with Crippen LogP contribution in [0.4, 0.5) is 5.82 Å². The van der Waals surface area contributed by atoms with Crippen molar-refractivity contribution in [2.24, 2.45) is 0 Å². The average molecular weight is 373 g/mol. The van der Waals surface area contributed by atoms with E-state index >= 15 is 0 Å². The lowest BCUT2D eigenvalue weighted by Gasteiger charge is -2.05. The van der Waals surface area contributed by atoms with Gasteiger partial charge in [0.2, 0.25) is 0 Å². The minimum atomic E-state index is -1.27. The van der Waals surface area contributed by atoms with Crippen molar-refractivity contribution in [3.05, 3.63) is 40.0 Å². The maximum absolute atomic E-state index is 12.2. The molecule has 0 saturated heterocycles. The van der Waals surface area contributed by atoms with Crippen LogP contribution in [0.15, 0.2) is 34.4 Å². The van der Waals surface area contributed by atoms with Gasteiger partial charge in [0.1, 0.15) is 17.5 Å². The van der Waals surface area contributed by atoms with Gasteiger partial charge in [0.25, 0.3) is 0 Å². The second kappa shape index (κ2) is 7.79. The molecule has 0 aliphatic heterocycles. The number of hydrogen-bond donors (Lipinski definition) is 1. The van der Waals surface area contributed by atoms with Gasteiger partial charge in [-0.05, 0) is 18.2 Å². The van der Waals surface area contributed by atoms with Gasteiger partial charge in [0.05, 0.1) is 26.9 Å². The van der Waals surface area contributed by atoms with E-state index in [1.54, 1.807) is 18.2 Å². The van der Waals surface area contributed by atoms with Crippen LogP contribution in [-0.2, 0) is 10.8 Å². The molecule has 2 rings (SSSR count). The first-order chi connectivity index (χ1) is 10.5. The van der Waals surface area contributed by atoms with Gasteiger partial charge < -0.3 is 5.73 Å². The zero-order valence-electron chi connectivity index (χ0n) is 11.1. The molecule has 2 aromatic rings. The minimum absolute atomic E-state index is 0.138. The molecule has 1 aromatic heterocycles. The monoisotopic (exact) mass is 372 g/mol. The van der Waals surface area contributed by atoms with E-state index in [4.69, 9.17) is 34.2 Å². The van der Waals surface area contributed by atoms with Crippen molar-refractivity contribution in [3.8, 4) is 6.07 Å². The first kappa shape index (κ1) is 17.0. The Labute approximate surface area is 144 Å². The molecule has 5 nitrogen and oxygen atoms in total. The molecule has 114 valence electrons. The second-order valence-corrected chi connectivity index (χ2v) is 7.48. The van der Waals surface area contributed by atoms with Gasteiger partial charge in [-0.15, -0.1) is 0 Å². The van der Waals surface area contributed by atoms with E-state index in [0.717, 1.165) is 0 Å². The standard InChI is InChI=1S/C13H10Cl2N4OS2/c14-9-1-2-10(15)11(5-9)22(20)4-3-21-13-18-7-8(6-16)12(17)19-13/h1-2,5,7H,3-4H2,(H2,17,18,19)/t22-/m0/s1. The Balaban J connectivity index is 1.96. The van der Waals surface area contributed by atoms with Crippen molar-refractivity contribution in [3.63, 3.8) is 0 Å². The fraction of sp³-hybridized carbons (Fsp3) is 0.154. The molecule has 0 saturated carbocycles.